The Labute approximate surface area is 101 Å². The van der Waals surface area contributed by atoms with Crippen molar-refractivity contribution in [1.29, 1.82) is 0 Å². The molecule has 0 saturated carbocycles. The van der Waals surface area contributed by atoms with Crippen molar-refractivity contribution in [3.05, 3.63) is 41.9 Å². The largest absolute Gasteiger partial charge is 0.468 e. The standard InChI is InChI=1S/C12H15NO2S/c1-9(12(14-2)15-3)11(16)13-10-7-5-4-6-8-10/h4-8H,1-3H3,(H,13,16). The van der Waals surface area contributed by atoms with E-state index in [0.29, 0.717) is 10.9 Å². The Hall–Kier alpha value is -1.55. The minimum atomic E-state index is 0.424. The molecule has 0 atom stereocenters. The van der Waals surface area contributed by atoms with E-state index in [1.54, 1.807) is 14.2 Å². The summed E-state index contributed by atoms with van der Waals surface area (Å²) in [7, 11) is 3.10. The summed E-state index contributed by atoms with van der Waals surface area (Å²) in [4.78, 5) is 0.588. The molecule has 16 heavy (non-hydrogen) atoms. The van der Waals surface area contributed by atoms with Gasteiger partial charge in [-0.2, -0.15) is 0 Å². The van der Waals surface area contributed by atoms with Crippen molar-refractivity contribution in [3.63, 3.8) is 0 Å². The number of para-hydroxylation sites is 1. The van der Waals surface area contributed by atoms with Crippen LogP contribution in [0.15, 0.2) is 41.9 Å². The molecule has 0 fully saturated rings. The highest BCUT2D eigenvalue weighted by molar-refractivity contribution is 7.81. The van der Waals surface area contributed by atoms with Crippen LogP contribution in [0.4, 0.5) is 5.69 Å². The van der Waals surface area contributed by atoms with Gasteiger partial charge in [0.25, 0.3) is 5.95 Å². The molecule has 0 spiro atoms. The summed E-state index contributed by atoms with van der Waals surface area (Å²) in [6.07, 6.45) is 0. The van der Waals surface area contributed by atoms with E-state index in [2.05, 4.69) is 5.32 Å². The predicted molar refractivity (Wildman–Crippen MR) is 69.4 cm³/mol. The van der Waals surface area contributed by atoms with E-state index >= 15 is 0 Å². The van der Waals surface area contributed by atoms with Gasteiger partial charge in [0, 0.05) is 5.69 Å². The lowest BCUT2D eigenvalue weighted by atomic mass is 10.3. The number of nitrogens with one attached hydrogen (secondary N) is 1. The fourth-order valence-electron chi connectivity index (χ4n) is 1.23. The number of methoxy groups -OCH3 is 2. The van der Waals surface area contributed by atoms with Crippen LogP contribution in [0.5, 0.6) is 0 Å². The number of anilines is 1. The molecular weight excluding hydrogens is 222 g/mol. The van der Waals surface area contributed by atoms with E-state index in [1.807, 2.05) is 37.3 Å². The van der Waals surface area contributed by atoms with Gasteiger partial charge in [0.05, 0.1) is 19.8 Å². The van der Waals surface area contributed by atoms with E-state index in [0.717, 1.165) is 11.3 Å². The third-order valence-electron chi connectivity index (χ3n) is 2.05. The molecule has 0 aromatic heterocycles. The van der Waals surface area contributed by atoms with Crippen molar-refractivity contribution in [2.45, 2.75) is 6.92 Å². The summed E-state index contributed by atoms with van der Waals surface area (Å²) in [5, 5.41) is 3.10. The summed E-state index contributed by atoms with van der Waals surface area (Å²) in [6, 6.07) is 9.72. The molecule has 1 N–H and O–H groups in total. The topological polar surface area (TPSA) is 30.5 Å². The molecule has 4 heteroatoms. The predicted octanol–water partition coefficient (Wildman–Crippen LogP) is 2.95. The van der Waals surface area contributed by atoms with Gasteiger partial charge >= 0.3 is 0 Å². The van der Waals surface area contributed by atoms with Gasteiger partial charge in [0.2, 0.25) is 0 Å². The van der Waals surface area contributed by atoms with Gasteiger partial charge in [-0.15, -0.1) is 0 Å². The van der Waals surface area contributed by atoms with Gasteiger partial charge in [-0.3, -0.25) is 0 Å². The van der Waals surface area contributed by atoms with Gasteiger partial charge in [-0.25, -0.2) is 0 Å². The van der Waals surface area contributed by atoms with Gasteiger partial charge < -0.3 is 14.8 Å². The van der Waals surface area contributed by atoms with Crippen molar-refractivity contribution >= 4 is 22.9 Å². The monoisotopic (exact) mass is 237 g/mol. The first-order chi connectivity index (χ1) is 7.69. The molecule has 0 unspecified atom stereocenters. The molecule has 0 aliphatic rings. The van der Waals surface area contributed by atoms with E-state index in [4.69, 9.17) is 21.7 Å². The molecule has 0 aliphatic carbocycles. The molecule has 0 heterocycles. The summed E-state index contributed by atoms with van der Waals surface area (Å²) in [5.74, 6) is 0.424. The van der Waals surface area contributed by atoms with E-state index in [-0.39, 0.29) is 0 Å². The summed E-state index contributed by atoms with van der Waals surface area (Å²) >= 11 is 5.24. The van der Waals surface area contributed by atoms with Crippen LogP contribution in [0.1, 0.15) is 6.92 Å². The maximum absolute atomic E-state index is 5.24. The van der Waals surface area contributed by atoms with Gasteiger partial charge in [0.15, 0.2) is 0 Å². The molecule has 3 nitrogen and oxygen atoms in total. The van der Waals surface area contributed by atoms with E-state index < -0.39 is 0 Å². The molecule has 0 radical (unpaired) electrons. The number of hydrogen-bond donors (Lipinski definition) is 1. The summed E-state index contributed by atoms with van der Waals surface area (Å²) in [5.41, 5.74) is 1.71. The Balaban J connectivity index is 2.77. The van der Waals surface area contributed by atoms with Crippen LogP contribution < -0.4 is 5.32 Å². The first-order valence-corrected chi connectivity index (χ1v) is 5.25. The van der Waals surface area contributed by atoms with Crippen molar-refractivity contribution in [1.82, 2.24) is 0 Å². The fraction of sp³-hybridized carbons (Fsp3) is 0.250. The zero-order chi connectivity index (χ0) is 12.0. The minimum Gasteiger partial charge on any atom is -0.468 e. The number of thiocarbonyl (C=S) groups is 1. The number of hydrogen-bond acceptors (Lipinski definition) is 3. The second-order valence-electron chi connectivity index (χ2n) is 3.14. The molecule has 1 aromatic rings. The van der Waals surface area contributed by atoms with Crippen LogP contribution in [-0.4, -0.2) is 19.2 Å². The smallest absolute Gasteiger partial charge is 0.284 e. The molecular formula is C12H15NO2S. The fourth-order valence-corrected chi connectivity index (χ4v) is 1.43. The van der Waals surface area contributed by atoms with Crippen molar-refractivity contribution in [2.24, 2.45) is 0 Å². The maximum Gasteiger partial charge on any atom is 0.284 e. The highest BCUT2D eigenvalue weighted by atomic mass is 32.1. The number of ether oxygens (including phenoxy) is 2. The van der Waals surface area contributed by atoms with Gasteiger partial charge in [-0.1, -0.05) is 30.4 Å². The maximum atomic E-state index is 5.24. The molecule has 86 valence electrons. The summed E-state index contributed by atoms with van der Waals surface area (Å²) in [6.45, 7) is 1.85. The average Bonchev–Trinajstić information content (AvgIpc) is 2.31. The van der Waals surface area contributed by atoms with Crippen LogP contribution in [0.3, 0.4) is 0 Å². The Bertz CT molecular complexity index is 381. The zero-order valence-electron chi connectivity index (χ0n) is 9.61. The van der Waals surface area contributed by atoms with Crippen molar-refractivity contribution < 1.29 is 9.47 Å². The van der Waals surface area contributed by atoms with Crippen LogP contribution in [0, 0.1) is 0 Å². The first-order valence-electron chi connectivity index (χ1n) is 4.84. The molecule has 0 saturated heterocycles. The van der Waals surface area contributed by atoms with Crippen LogP contribution in [0.25, 0.3) is 0 Å². The normalized spacial score (nSPS) is 9.19. The van der Waals surface area contributed by atoms with Gasteiger partial charge in [0.1, 0.15) is 4.99 Å². The quantitative estimate of drug-likeness (QED) is 0.495. The highest BCUT2D eigenvalue weighted by Gasteiger charge is 2.08. The zero-order valence-corrected chi connectivity index (χ0v) is 10.4. The minimum absolute atomic E-state index is 0.424. The summed E-state index contributed by atoms with van der Waals surface area (Å²) < 4.78 is 10.1. The molecule has 0 bridgehead atoms. The van der Waals surface area contributed by atoms with Crippen LogP contribution in [0.2, 0.25) is 0 Å². The Morgan fingerprint density at radius 1 is 1.12 bits per heavy atom. The number of benzene rings is 1. The van der Waals surface area contributed by atoms with Crippen LogP contribution >= 0.6 is 12.2 Å². The van der Waals surface area contributed by atoms with E-state index in [1.165, 1.54) is 0 Å². The Kier molecular flexibility index (Phi) is 4.79. The van der Waals surface area contributed by atoms with Gasteiger partial charge in [-0.05, 0) is 19.1 Å². The number of rotatable bonds is 4. The second kappa shape index (κ2) is 6.12. The lowest BCUT2D eigenvalue weighted by Crippen LogP contribution is -2.13. The lowest BCUT2D eigenvalue weighted by Gasteiger charge is -2.11. The highest BCUT2D eigenvalue weighted by Crippen LogP contribution is 2.12. The first kappa shape index (κ1) is 12.5. The molecule has 1 aromatic carbocycles. The van der Waals surface area contributed by atoms with Crippen molar-refractivity contribution in [3.8, 4) is 0 Å². The lowest BCUT2D eigenvalue weighted by molar-refractivity contribution is 0.0929. The van der Waals surface area contributed by atoms with E-state index in [9.17, 15) is 0 Å². The Morgan fingerprint density at radius 3 is 2.19 bits per heavy atom. The Morgan fingerprint density at radius 2 is 1.69 bits per heavy atom. The average molecular weight is 237 g/mol. The molecule has 0 aliphatic heterocycles. The van der Waals surface area contributed by atoms with Crippen LogP contribution in [-0.2, 0) is 9.47 Å². The molecule has 1 rings (SSSR count). The SMILES string of the molecule is COC(OC)=C(C)C(=S)Nc1ccccc1. The third kappa shape index (κ3) is 3.24. The second-order valence-corrected chi connectivity index (χ2v) is 3.55. The third-order valence-corrected chi connectivity index (χ3v) is 2.46. The molecule has 0 amide bonds. The van der Waals surface area contributed by atoms with Crippen molar-refractivity contribution in [2.75, 3.05) is 19.5 Å².